The van der Waals surface area contributed by atoms with Crippen molar-refractivity contribution in [2.45, 2.75) is 175 Å². The maximum atomic E-state index is 14.4. The van der Waals surface area contributed by atoms with Gasteiger partial charge in [0.15, 0.2) is 6.29 Å². The summed E-state index contributed by atoms with van der Waals surface area (Å²) in [6.07, 6.45) is -1.09. The van der Waals surface area contributed by atoms with Crippen LogP contribution in [0.4, 0.5) is 4.79 Å². The Kier molecular flexibility index (Phi) is 31.6. The smallest absolute Gasteiger partial charge is 0.407 e. The minimum absolute atomic E-state index is 0.0666. The van der Waals surface area contributed by atoms with Gasteiger partial charge in [0.05, 0.1) is 62.0 Å². The van der Waals surface area contributed by atoms with Gasteiger partial charge in [0.1, 0.15) is 24.7 Å². The Bertz CT molecular complexity index is 2010. The highest BCUT2D eigenvalue weighted by Crippen LogP contribution is 2.30. The molecule has 0 aliphatic carbocycles. The number of carbonyl (C=O) groups is 8. The first-order valence-corrected chi connectivity index (χ1v) is 27.4. The van der Waals surface area contributed by atoms with Gasteiger partial charge in [-0.05, 0) is 55.9 Å². The molecule has 444 valence electrons. The second-order valence-corrected chi connectivity index (χ2v) is 20.7. The molecule has 1 aromatic carbocycles. The van der Waals surface area contributed by atoms with E-state index in [2.05, 4.69) is 26.6 Å². The first-order chi connectivity index (χ1) is 37.0. The van der Waals surface area contributed by atoms with Crippen LogP contribution in [0.3, 0.4) is 0 Å². The molecule has 2 rings (SSSR count). The Morgan fingerprint density at radius 2 is 1.49 bits per heavy atom. The molecule has 8 N–H and O–H groups in total. The van der Waals surface area contributed by atoms with Gasteiger partial charge in [-0.25, -0.2) is 9.59 Å². The van der Waals surface area contributed by atoms with Gasteiger partial charge in [-0.15, -0.1) is 0 Å². The molecule has 78 heavy (non-hydrogen) atoms. The van der Waals surface area contributed by atoms with Crippen LogP contribution < -0.4 is 32.3 Å². The largest absolute Gasteiger partial charge is 0.464 e. The van der Waals surface area contributed by atoms with E-state index in [4.69, 9.17) is 34.2 Å². The van der Waals surface area contributed by atoms with Gasteiger partial charge in [-0.2, -0.15) is 0 Å². The standard InChI is InChI=1S/C55H94N8O15/c1-14-35(7)48(62(10)53(70)47(34(5)6)61-52(69)46(56)33(3)4)42(73-11)30-44(66)63-27-19-23-41(63)49(75-13)36(8)50(67)60-40(29-38-21-17-16-18-22-38)51(68)57-25-20-28-76-54(71)37(9)59-43(65)24-26-58-55(72)77-32-45(74-12)78-39(15-2)31-64/h16-18,21-22,33-37,39-42,45-49,64H,14-15,19-20,23-32,56H2,1-13H3,(H,57,68)(H,58,72)(H,59,65)(H,60,67)(H,61,69)/t35-,36+,37?,39?,40-,41-,42+,45?,46-,47-,48-,49+/m0/s1. The lowest BCUT2D eigenvalue weighted by Crippen LogP contribution is -2.59. The van der Waals surface area contributed by atoms with E-state index >= 15 is 0 Å². The van der Waals surface area contributed by atoms with Crippen LogP contribution >= 0.6 is 0 Å². The number of benzene rings is 1. The average molecular weight is 1110 g/mol. The zero-order valence-electron chi connectivity index (χ0n) is 48.5. The van der Waals surface area contributed by atoms with E-state index in [-0.39, 0.29) is 88.2 Å². The lowest BCUT2D eigenvalue weighted by Gasteiger charge is -2.41. The lowest BCUT2D eigenvalue weighted by atomic mass is 9.89. The molecule has 1 aliphatic rings. The normalized spacial score (nSPS) is 17.7. The molecule has 12 atom stereocenters. The summed E-state index contributed by atoms with van der Waals surface area (Å²) in [6.45, 7) is 16.2. The Morgan fingerprint density at radius 1 is 0.808 bits per heavy atom. The van der Waals surface area contributed by atoms with Gasteiger partial charge in [-0.3, -0.25) is 28.8 Å². The molecule has 0 bridgehead atoms. The number of aliphatic hydroxyl groups excluding tert-OH is 1. The maximum absolute atomic E-state index is 14.4. The molecule has 0 saturated carbocycles. The van der Waals surface area contributed by atoms with Crippen molar-refractivity contribution in [2.24, 2.45) is 29.4 Å². The van der Waals surface area contributed by atoms with Gasteiger partial charge >= 0.3 is 12.1 Å². The molecule has 0 radical (unpaired) electrons. The third-order valence-corrected chi connectivity index (χ3v) is 14.3. The number of hydrogen-bond donors (Lipinski definition) is 7. The highest BCUT2D eigenvalue weighted by atomic mass is 16.7. The molecule has 0 aromatic heterocycles. The van der Waals surface area contributed by atoms with Crippen molar-refractivity contribution >= 4 is 47.5 Å². The number of nitrogens with one attached hydrogen (secondary N) is 5. The summed E-state index contributed by atoms with van der Waals surface area (Å²) in [7, 11) is 6.04. The molecule has 1 aliphatic heterocycles. The minimum Gasteiger partial charge on any atom is -0.464 e. The molecule has 3 unspecified atom stereocenters. The zero-order valence-corrected chi connectivity index (χ0v) is 48.5. The Hall–Kier alpha value is -5.46. The second-order valence-electron chi connectivity index (χ2n) is 20.7. The summed E-state index contributed by atoms with van der Waals surface area (Å²) in [4.78, 5) is 110. The molecule has 7 amide bonds. The summed E-state index contributed by atoms with van der Waals surface area (Å²) in [5.41, 5.74) is 6.93. The molecular weight excluding hydrogens is 1010 g/mol. The third kappa shape index (κ3) is 22.4. The van der Waals surface area contributed by atoms with Crippen molar-refractivity contribution in [3.63, 3.8) is 0 Å². The minimum atomic E-state index is -1.01. The first-order valence-electron chi connectivity index (χ1n) is 27.4. The van der Waals surface area contributed by atoms with Crippen molar-refractivity contribution < 1.29 is 71.9 Å². The van der Waals surface area contributed by atoms with Crippen LogP contribution in [0.5, 0.6) is 0 Å². The van der Waals surface area contributed by atoms with Crippen LogP contribution in [0.15, 0.2) is 30.3 Å². The van der Waals surface area contributed by atoms with E-state index in [9.17, 15) is 43.5 Å². The topological polar surface area (TPSA) is 305 Å². The fourth-order valence-corrected chi connectivity index (χ4v) is 9.15. The van der Waals surface area contributed by atoms with Crippen LogP contribution in [0.2, 0.25) is 0 Å². The molecule has 23 heteroatoms. The fourth-order valence-electron chi connectivity index (χ4n) is 9.15. The van der Waals surface area contributed by atoms with Gasteiger partial charge in [-0.1, -0.05) is 92.1 Å². The van der Waals surface area contributed by atoms with Crippen molar-refractivity contribution in [3.8, 4) is 0 Å². The number of rotatable bonds is 36. The third-order valence-electron chi connectivity index (χ3n) is 14.3. The number of amides is 7. The summed E-state index contributed by atoms with van der Waals surface area (Å²) >= 11 is 0. The van der Waals surface area contributed by atoms with Gasteiger partial charge in [0, 0.05) is 60.9 Å². The summed E-state index contributed by atoms with van der Waals surface area (Å²) in [5, 5.41) is 22.9. The number of esters is 1. The number of ether oxygens (including phenoxy) is 6. The van der Waals surface area contributed by atoms with Crippen LogP contribution in [0.25, 0.3) is 0 Å². The summed E-state index contributed by atoms with van der Waals surface area (Å²) in [5.74, 6) is -4.45. The monoisotopic (exact) mass is 1110 g/mol. The number of nitrogens with zero attached hydrogens (tertiary/aromatic N) is 2. The number of nitrogens with two attached hydrogens (primary N) is 1. The quantitative estimate of drug-likeness (QED) is 0.0288. The number of likely N-dealkylation sites (N-methyl/N-ethyl adjacent to an activating group) is 1. The van der Waals surface area contributed by atoms with E-state index in [1.165, 1.54) is 28.3 Å². The molecule has 1 fully saturated rings. The van der Waals surface area contributed by atoms with Crippen LogP contribution in [-0.2, 0) is 68.4 Å². The summed E-state index contributed by atoms with van der Waals surface area (Å²) < 4.78 is 33.0. The van der Waals surface area contributed by atoms with Gasteiger partial charge in [0.2, 0.25) is 35.4 Å². The van der Waals surface area contributed by atoms with Crippen LogP contribution in [0, 0.1) is 23.7 Å². The molecule has 1 saturated heterocycles. The predicted molar refractivity (Wildman–Crippen MR) is 291 cm³/mol. The number of hydrogen-bond acceptors (Lipinski definition) is 16. The van der Waals surface area contributed by atoms with E-state index in [1.807, 2.05) is 78.8 Å². The molecule has 1 heterocycles. The van der Waals surface area contributed by atoms with Crippen LogP contribution in [-0.4, -0.2) is 191 Å². The van der Waals surface area contributed by atoms with Crippen molar-refractivity contribution in [2.75, 3.05) is 67.8 Å². The zero-order chi connectivity index (χ0) is 58.6. The maximum Gasteiger partial charge on any atom is 0.407 e. The number of aliphatic hydroxyl groups is 1. The van der Waals surface area contributed by atoms with E-state index in [0.29, 0.717) is 32.2 Å². The molecular formula is C55H94N8O15. The van der Waals surface area contributed by atoms with E-state index in [1.54, 1.807) is 23.8 Å². The fraction of sp³-hybridized carbons (Fsp3) is 0.745. The molecule has 0 spiro atoms. The van der Waals surface area contributed by atoms with E-state index < -0.39 is 102 Å². The van der Waals surface area contributed by atoms with Crippen molar-refractivity contribution in [1.82, 2.24) is 36.4 Å². The SMILES string of the molecule is CCC(CO)OC(COC(=O)NCCC(=O)NC(C)C(=O)OCCCNC(=O)[C@H](Cc1ccccc1)NC(=O)[C@H](C)[C@@H](OC)[C@@H]1CCCN1C(=O)C[C@@H](OC)[C@H]([C@@H](C)CC)N(C)C(=O)[C@@H](NC(=O)[C@@H](N)C(C)C)C(C)C)OC. The number of methoxy groups -OCH3 is 3. The average Bonchev–Trinajstić information content (AvgIpc) is 3.91. The predicted octanol–water partition coefficient (Wildman–Crippen LogP) is 2.19. The Balaban J connectivity index is 2.05. The highest BCUT2D eigenvalue weighted by Gasteiger charge is 2.43. The second kappa shape index (κ2) is 35.9. The highest BCUT2D eigenvalue weighted by molar-refractivity contribution is 5.91. The Morgan fingerprint density at radius 3 is 2.06 bits per heavy atom. The van der Waals surface area contributed by atoms with Crippen molar-refractivity contribution in [1.29, 1.82) is 0 Å². The molecule has 1 aromatic rings. The lowest BCUT2D eigenvalue weighted by molar-refractivity contribution is -0.181. The van der Waals surface area contributed by atoms with Crippen molar-refractivity contribution in [3.05, 3.63) is 35.9 Å². The summed E-state index contributed by atoms with van der Waals surface area (Å²) in [6, 6.07) is 4.48. The number of carbonyl (C=O) groups excluding carboxylic acids is 8. The van der Waals surface area contributed by atoms with E-state index in [0.717, 1.165) is 5.56 Å². The van der Waals surface area contributed by atoms with Gasteiger partial charge in [0.25, 0.3) is 0 Å². The molecule has 23 nitrogen and oxygen atoms in total. The first kappa shape index (κ1) is 68.6. The number of likely N-dealkylation sites (tertiary alicyclic amines) is 1. The van der Waals surface area contributed by atoms with Crippen LogP contribution in [0.1, 0.15) is 113 Å². The number of alkyl carbamates (subject to hydrolysis) is 1. The Labute approximate surface area is 462 Å². The van der Waals surface area contributed by atoms with Gasteiger partial charge < -0.3 is 75.6 Å².